The molecule has 0 spiro atoms. The smallest absolute Gasteiger partial charge is 0.320 e. The average molecular weight is 291 g/mol. The van der Waals surface area contributed by atoms with E-state index in [-0.39, 0.29) is 11.5 Å². The number of carboxylic acids is 1. The number of aliphatic carboxylic acids is 1. The number of carbonyl (C=O) groups is 1. The molecule has 0 radical (unpaired) electrons. The van der Waals surface area contributed by atoms with E-state index in [9.17, 15) is 9.90 Å². The first-order chi connectivity index (χ1) is 9.82. The minimum Gasteiger partial charge on any atom is -0.496 e. The first-order valence-electron chi connectivity index (χ1n) is 7.47. The minimum absolute atomic E-state index is 0.0677. The summed E-state index contributed by atoms with van der Waals surface area (Å²) in [4.78, 5) is 13.3. The van der Waals surface area contributed by atoms with Crippen LogP contribution in [0.3, 0.4) is 0 Å². The maximum atomic E-state index is 11.3. The summed E-state index contributed by atoms with van der Waals surface area (Å²) in [7, 11) is 1.66. The molecule has 1 aliphatic rings. The van der Waals surface area contributed by atoms with Crippen LogP contribution in [0.2, 0.25) is 0 Å². The predicted octanol–water partition coefficient (Wildman–Crippen LogP) is 3.04. The van der Waals surface area contributed by atoms with Gasteiger partial charge in [-0.25, -0.2) is 0 Å². The summed E-state index contributed by atoms with van der Waals surface area (Å²) in [5.74, 6) is 0.109. The number of benzene rings is 1. The van der Waals surface area contributed by atoms with Crippen molar-refractivity contribution in [3.63, 3.8) is 0 Å². The Balaban J connectivity index is 2.27. The summed E-state index contributed by atoms with van der Waals surface area (Å²) in [6, 6.07) is 5.85. The molecule has 116 valence electrons. The average Bonchev–Trinajstić information content (AvgIpc) is 2.86. The number of hydrogen-bond acceptors (Lipinski definition) is 3. The number of carboxylic acid groups (broad SMARTS) is 1. The standard InChI is InChI=1S/C17H25NO3/c1-17(2,3)13-7-8-15(21-4)12(10-13)11-18-9-5-6-14(18)16(19)20/h7-8,10,14H,5-6,9,11H2,1-4H3,(H,19,20). The molecule has 0 amide bonds. The molecule has 1 unspecified atom stereocenters. The van der Waals surface area contributed by atoms with Gasteiger partial charge in [0.2, 0.25) is 0 Å². The molecule has 0 saturated carbocycles. The Morgan fingerprint density at radius 1 is 1.43 bits per heavy atom. The van der Waals surface area contributed by atoms with Crippen LogP contribution in [-0.2, 0) is 16.8 Å². The van der Waals surface area contributed by atoms with E-state index in [1.165, 1.54) is 5.56 Å². The van der Waals surface area contributed by atoms with Gasteiger partial charge in [-0.3, -0.25) is 9.69 Å². The number of ether oxygens (including phenoxy) is 1. The van der Waals surface area contributed by atoms with Crippen molar-refractivity contribution in [1.29, 1.82) is 0 Å². The minimum atomic E-state index is -0.724. The second-order valence-corrected chi connectivity index (χ2v) is 6.74. The monoisotopic (exact) mass is 291 g/mol. The lowest BCUT2D eigenvalue weighted by Gasteiger charge is -2.25. The molecular weight excluding hydrogens is 266 g/mol. The fourth-order valence-corrected chi connectivity index (χ4v) is 2.88. The van der Waals surface area contributed by atoms with Crippen molar-refractivity contribution in [2.45, 2.75) is 51.6 Å². The van der Waals surface area contributed by atoms with Gasteiger partial charge in [0.1, 0.15) is 11.8 Å². The first kappa shape index (κ1) is 15.8. The van der Waals surface area contributed by atoms with Crippen LogP contribution in [0.5, 0.6) is 5.75 Å². The number of nitrogens with zero attached hydrogens (tertiary/aromatic N) is 1. The molecule has 1 atom stereocenters. The van der Waals surface area contributed by atoms with Gasteiger partial charge in [0.05, 0.1) is 7.11 Å². The maximum absolute atomic E-state index is 11.3. The van der Waals surface area contributed by atoms with Crippen LogP contribution in [0, 0.1) is 0 Å². The number of likely N-dealkylation sites (tertiary alicyclic amines) is 1. The van der Waals surface area contributed by atoms with E-state index in [4.69, 9.17) is 4.74 Å². The lowest BCUT2D eigenvalue weighted by molar-refractivity contribution is -0.142. The van der Waals surface area contributed by atoms with E-state index >= 15 is 0 Å². The molecule has 1 aromatic rings. The zero-order valence-corrected chi connectivity index (χ0v) is 13.3. The molecular formula is C17H25NO3. The van der Waals surface area contributed by atoms with E-state index in [0.717, 1.165) is 30.7 Å². The molecule has 4 nitrogen and oxygen atoms in total. The highest BCUT2D eigenvalue weighted by atomic mass is 16.5. The Morgan fingerprint density at radius 3 is 2.71 bits per heavy atom. The van der Waals surface area contributed by atoms with E-state index in [0.29, 0.717) is 6.54 Å². The summed E-state index contributed by atoms with van der Waals surface area (Å²) in [6.07, 6.45) is 1.68. The number of methoxy groups -OCH3 is 1. The Hall–Kier alpha value is -1.55. The SMILES string of the molecule is COc1ccc(C(C)(C)C)cc1CN1CCCC1C(=O)O. The van der Waals surface area contributed by atoms with E-state index in [1.54, 1.807) is 7.11 Å². The summed E-state index contributed by atoms with van der Waals surface area (Å²) >= 11 is 0. The third kappa shape index (κ3) is 3.56. The van der Waals surface area contributed by atoms with Gasteiger partial charge in [0, 0.05) is 12.1 Å². The molecule has 4 heteroatoms. The second-order valence-electron chi connectivity index (χ2n) is 6.74. The van der Waals surface area contributed by atoms with Crippen molar-refractivity contribution in [3.8, 4) is 5.75 Å². The van der Waals surface area contributed by atoms with Crippen molar-refractivity contribution in [3.05, 3.63) is 29.3 Å². The molecule has 0 aliphatic carbocycles. The quantitative estimate of drug-likeness (QED) is 0.926. The van der Waals surface area contributed by atoms with E-state index in [1.807, 2.05) is 11.0 Å². The van der Waals surface area contributed by atoms with Crippen LogP contribution < -0.4 is 4.74 Å². The summed E-state index contributed by atoms with van der Waals surface area (Å²) in [5, 5.41) is 9.30. The number of hydrogen-bond donors (Lipinski definition) is 1. The molecule has 1 heterocycles. The van der Waals surface area contributed by atoms with Crippen molar-refractivity contribution < 1.29 is 14.6 Å². The molecule has 1 N–H and O–H groups in total. The molecule has 1 fully saturated rings. The van der Waals surface area contributed by atoms with Gasteiger partial charge in [0.15, 0.2) is 0 Å². The maximum Gasteiger partial charge on any atom is 0.320 e. The fraction of sp³-hybridized carbons (Fsp3) is 0.588. The molecule has 1 saturated heterocycles. The van der Waals surface area contributed by atoms with Gasteiger partial charge >= 0.3 is 5.97 Å². The van der Waals surface area contributed by atoms with Crippen LogP contribution >= 0.6 is 0 Å². The molecule has 0 aromatic heterocycles. The van der Waals surface area contributed by atoms with Crippen LogP contribution in [0.25, 0.3) is 0 Å². The van der Waals surface area contributed by atoms with Gasteiger partial charge in [-0.05, 0) is 36.4 Å². The van der Waals surface area contributed by atoms with Crippen molar-refractivity contribution >= 4 is 5.97 Å². The van der Waals surface area contributed by atoms with Crippen LogP contribution in [0.1, 0.15) is 44.7 Å². The molecule has 2 rings (SSSR count). The normalized spacial score (nSPS) is 19.7. The zero-order valence-electron chi connectivity index (χ0n) is 13.3. The highest BCUT2D eigenvalue weighted by Gasteiger charge is 2.31. The molecule has 1 aromatic carbocycles. The second kappa shape index (κ2) is 6.06. The summed E-state index contributed by atoms with van der Waals surface area (Å²) < 4.78 is 5.44. The largest absolute Gasteiger partial charge is 0.496 e. The Kier molecular flexibility index (Phi) is 4.57. The van der Waals surface area contributed by atoms with E-state index < -0.39 is 5.97 Å². The van der Waals surface area contributed by atoms with Crippen LogP contribution in [0.15, 0.2) is 18.2 Å². The Morgan fingerprint density at radius 2 is 2.14 bits per heavy atom. The van der Waals surface area contributed by atoms with Gasteiger partial charge in [-0.15, -0.1) is 0 Å². The Labute approximate surface area is 126 Å². The third-order valence-electron chi connectivity index (χ3n) is 4.17. The third-order valence-corrected chi connectivity index (χ3v) is 4.17. The highest BCUT2D eigenvalue weighted by molar-refractivity contribution is 5.73. The molecule has 1 aliphatic heterocycles. The summed E-state index contributed by atoms with van der Waals surface area (Å²) in [6.45, 7) is 7.99. The van der Waals surface area contributed by atoms with Crippen molar-refractivity contribution in [1.82, 2.24) is 4.90 Å². The molecule has 0 bridgehead atoms. The molecule has 21 heavy (non-hydrogen) atoms. The van der Waals surface area contributed by atoms with Crippen molar-refractivity contribution in [2.75, 3.05) is 13.7 Å². The highest BCUT2D eigenvalue weighted by Crippen LogP contribution is 2.30. The lowest BCUT2D eigenvalue weighted by Crippen LogP contribution is -2.35. The predicted molar refractivity (Wildman–Crippen MR) is 82.8 cm³/mol. The van der Waals surface area contributed by atoms with E-state index in [2.05, 4.69) is 32.9 Å². The van der Waals surface area contributed by atoms with Crippen molar-refractivity contribution in [2.24, 2.45) is 0 Å². The van der Waals surface area contributed by atoms with Gasteiger partial charge < -0.3 is 9.84 Å². The fourth-order valence-electron chi connectivity index (χ4n) is 2.88. The first-order valence-corrected chi connectivity index (χ1v) is 7.47. The van der Waals surface area contributed by atoms with Gasteiger partial charge in [-0.2, -0.15) is 0 Å². The summed E-state index contributed by atoms with van der Waals surface area (Å²) in [5.41, 5.74) is 2.38. The zero-order chi connectivity index (χ0) is 15.6. The van der Waals surface area contributed by atoms with Crippen LogP contribution in [-0.4, -0.2) is 35.7 Å². The topological polar surface area (TPSA) is 49.8 Å². The Bertz CT molecular complexity index is 519. The van der Waals surface area contributed by atoms with Crippen LogP contribution in [0.4, 0.5) is 0 Å². The van der Waals surface area contributed by atoms with Gasteiger partial charge in [0.25, 0.3) is 0 Å². The lowest BCUT2D eigenvalue weighted by atomic mass is 9.86. The number of rotatable bonds is 4. The van der Waals surface area contributed by atoms with Gasteiger partial charge in [-0.1, -0.05) is 32.9 Å².